The Balaban J connectivity index is 2.22. The molecule has 2 atom stereocenters. The lowest BCUT2D eigenvalue weighted by Crippen LogP contribution is -2.14. The van der Waals surface area contributed by atoms with Crippen molar-refractivity contribution in [3.63, 3.8) is 0 Å². The molecule has 0 heterocycles. The van der Waals surface area contributed by atoms with Crippen LogP contribution in [0, 0.1) is 11.8 Å². The molecule has 0 unspecified atom stereocenters. The molecule has 0 fully saturated rings. The van der Waals surface area contributed by atoms with Crippen molar-refractivity contribution in [2.24, 2.45) is 11.8 Å². The van der Waals surface area contributed by atoms with E-state index in [9.17, 15) is 0 Å². The third-order valence-corrected chi connectivity index (χ3v) is 2.65. The number of rotatable bonds is 0. The largest absolute Gasteiger partial charge is 0.0805 e. The lowest BCUT2D eigenvalue weighted by molar-refractivity contribution is 0.480. The molecule has 0 bridgehead atoms. The van der Waals surface area contributed by atoms with Crippen molar-refractivity contribution in [1.29, 1.82) is 0 Å². The summed E-state index contributed by atoms with van der Waals surface area (Å²) in [5.41, 5.74) is 1.56. The molecular formula is C11H14. The van der Waals surface area contributed by atoms with Crippen LogP contribution in [0.2, 0.25) is 0 Å². The maximum atomic E-state index is 2.41. The molecule has 0 aromatic rings. The van der Waals surface area contributed by atoms with Gasteiger partial charge in [0.1, 0.15) is 0 Å². The first-order chi connectivity index (χ1) is 5.36. The van der Waals surface area contributed by atoms with Gasteiger partial charge in [0, 0.05) is 5.92 Å². The number of fused-ring (bicyclic) bond motifs is 1. The van der Waals surface area contributed by atoms with Crippen molar-refractivity contribution in [1.82, 2.24) is 0 Å². The Morgan fingerprint density at radius 2 is 2.09 bits per heavy atom. The average molecular weight is 146 g/mol. The Labute approximate surface area is 68.3 Å². The summed E-state index contributed by atoms with van der Waals surface area (Å²) in [5.74, 6) is 1.50. The molecule has 0 nitrogen and oxygen atoms in total. The lowest BCUT2D eigenvalue weighted by Gasteiger charge is -2.26. The van der Waals surface area contributed by atoms with E-state index in [1.54, 1.807) is 5.57 Å². The molecule has 11 heavy (non-hydrogen) atoms. The van der Waals surface area contributed by atoms with Crippen LogP contribution >= 0.6 is 0 Å². The highest BCUT2D eigenvalue weighted by Gasteiger charge is 2.19. The van der Waals surface area contributed by atoms with Gasteiger partial charge in [0.2, 0.25) is 0 Å². The zero-order valence-electron chi connectivity index (χ0n) is 6.96. The Hall–Kier alpha value is -0.780. The van der Waals surface area contributed by atoms with Gasteiger partial charge in [-0.2, -0.15) is 0 Å². The highest BCUT2D eigenvalue weighted by Crippen LogP contribution is 2.32. The zero-order chi connectivity index (χ0) is 7.68. The summed E-state index contributed by atoms with van der Waals surface area (Å²) in [6.07, 6.45) is 14.0. The van der Waals surface area contributed by atoms with E-state index in [1.807, 2.05) is 0 Å². The monoisotopic (exact) mass is 146 g/mol. The van der Waals surface area contributed by atoms with E-state index in [0.29, 0.717) is 5.92 Å². The quantitative estimate of drug-likeness (QED) is 0.461. The smallest absolute Gasteiger partial charge is 0.00153 e. The molecule has 0 aromatic heterocycles. The van der Waals surface area contributed by atoms with Crippen molar-refractivity contribution in [2.45, 2.75) is 19.8 Å². The van der Waals surface area contributed by atoms with Gasteiger partial charge in [0.05, 0.1) is 0 Å². The summed E-state index contributed by atoms with van der Waals surface area (Å²) < 4.78 is 0. The molecule has 0 saturated carbocycles. The van der Waals surface area contributed by atoms with Crippen molar-refractivity contribution >= 4 is 0 Å². The summed E-state index contributed by atoms with van der Waals surface area (Å²) in [4.78, 5) is 0. The molecule has 0 spiro atoms. The fourth-order valence-corrected chi connectivity index (χ4v) is 1.94. The highest BCUT2D eigenvalue weighted by atomic mass is 14.2. The summed E-state index contributed by atoms with van der Waals surface area (Å²) in [6, 6.07) is 0. The normalized spacial score (nSPS) is 34.8. The molecule has 2 aliphatic rings. The molecule has 0 aromatic carbocycles. The first-order valence-electron chi connectivity index (χ1n) is 4.38. The van der Waals surface area contributed by atoms with Crippen molar-refractivity contribution < 1.29 is 0 Å². The van der Waals surface area contributed by atoms with Gasteiger partial charge < -0.3 is 0 Å². The molecule has 58 valence electrons. The van der Waals surface area contributed by atoms with Crippen LogP contribution in [0.3, 0.4) is 0 Å². The minimum Gasteiger partial charge on any atom is -0.0805 e. The summed E-state index contributed by atoms with van der Waals surface area (Å²) in [6.45, 7) is 2.24. The van der Waals surface area contributed by atoms with Gasteiger partial charge >= 0.3 is 0 Å². The maximum Gasteiger partial charge on any atom is 0.00153 e. The topological polar surface area (TPSA) is 0 Å². The lowest BCUT2D eigenvalue weighted by atomic mass is 9.79. The summed E-state index contributed by atoms with van der Waals surface area (Å²) in [7, 11) is 0. The third-order valence-electron chi connectivity index (χ3n) is 2.65. The minimum absolute atomic E-state index is 0.703. The van der Waals surface area contributed by atoms with E-state index in [4.69, 9.17) is 0 Å². The van der Waals surface area contributed by atoms with E-state index in [-0.39, 0.29) is 0 Å². The van der Waals surface area contributed by atoms with Crippen molar-refractivity contribution in [3.05, 3.63) is 36.0 Å². The summed E-state index contributed by atoms with van der Waals surface area (Å²) in [5, 5.41) is 0. The van der Waals surface area contributed by atoms with Crippen LogP contribution in [0.4, 0.5) is 0 Å². The van der Waals surface area contributed by atoms with Gasteiger partial charge in [-0.05, 0) is 25.7 Å². The van der Waals surface area contributed by atoms with E-state index >= 15 is 0 Å². The molecule has 0 amide bonds. The first kappa shape index (κ1) is 6.90. The molecule has 0 radical (unpaired) electrons. The van der Waals surface area contributed by atoms with Crippen LogP contribution in [0.1, 0.15) is 19.8 Å². The second-order valence-electron chi connectivity index (χ2n) is 3.56. The predicted octanol–water partition coefficient (Wildman–Crippen LogP) is 3.08. The van der Waals surface area contributed by atoms with E-state index < -0.39 is 0 Å². The van der Waals surface area contributed by atoms with Crippen LogP contribution in [0.25, 0.3) is 0 Å². The third kappa shape index (κ3) is 1.30. The van der Waals surface area contributed by atoms with Crippen molar-refractivity contribution in [3.8, 4) is 0 Å². The molecule has 0 aliphatic heterocycles. The molecule has 2 aliphatic carbocycles. The molecule has 0 N–H and O–H groups in total. The van der Waals surface area contributed by atoms with E-state index in [2.05, 4.69) is 37.3 Å². The van der Waals surface area contributed by atoms with Gasteiger partial charge in [-0.15, -0.1) is 0 Å². The van der Waals surface area contributed by atoms with Crippen LogP contribution in [-0.2, 0) is 0 Å². The zero-order valence-corrected chi connectivity index (χ0v) is 6.96. The number of hydrogen-bond donors (Lipinski definition) is 0. The van der Waals surface area contributed by atoms with Gasteiger partial charge in [-0.25, -0.2) is 0 Å². The van der Waals surface area contributed by atoms with Gasteiger partial charge in [0.25, 0.3) is 0 Å². The number of hydrogen-bond acceptors (Lipinski definition) is 0. The van der Waals surface area contributed by atoms with Crippen LogP contribution < -0.4 is 0 Å². The van der Waals surface area contributed by atoms with Gasteiger partial charge in [0.15, 0.2) is 0 Å². The molecular weight excluding hydrogens is 132 g/mol. The first-order valence-corrected chi connectivity index (χ1v) is 4.38. The molecule has 2 rings (SSSR count). The Morgan fingerprint density at radius 3 is 3.00 bits per heavy atom. The molecule has 0 heteroatoms. The second kappa shape index (κ2) is 2.69. The van der Waals surface area contributed by atoms with E-state index in [1.165, 1.54) is 12.8 Å². The molecule has 0 saturated heterocycles. The Kier molecular flexibility index (Phi) is 1.69. The summed E-state index contributed by atoms with van der Waals surface area (Å²) >= 11 is 0. The standard InChI is InChI=1S/C11H14/c1-9-6-7-10-4-2-3-5-11(10)8-9/h2-5,8,10-11H,6-7H2,1H3/t10-,11-/m0/s1. The fraction of sp³-hybridized carbons (Fsp3) is 0.455. The fourth-order valence-electron chi connectivity index (χ4n) is 1.94. The predicted molar refractivity (Wildman–Crippen MR) is 48.3 cm³/mol. The van der Waals surface area contributed by atoms with Crippen LogP contribution in [0.5, 0.6) is 0 Å². The second-order valence-corrected chi connectivity index (χ2v) is 3.56. The van der Waals surface area contributed by atoms with Gasteiger partial charge in [-0.3, -0.25) is 0 Å². The highest BCUT2D eigenvalue weighted by molar-refractivity contribution is 5.23. The minimum atomic E-state index is 0.703. The SMILES string of the molecule is CC1=C[C@@H]2C=CC=C[C@H]2CC1. The van der Waals surface area contributed by atoms with E-state index in [0.717, 1.165) is 5.92 Å². The van der Waals surface area contributed by atoms with Gasteiger partial charge in [-0.1, -0.05) is 36.0 Å². The Bertz CT molecular complexity index is 230. The Morgan fingerprint density at radius 1 is 1.27 bits per heavy atom. The maximum absolute atomic E-state index is 2.41. The van der Waals surface area contributed by atoms with Crippen LogP contribution in [0.15, 0.2) is 36.0 Å². The van der Waals surface area contributed by atoms with Crippen molar-refractivity contribution in [2.75, 3.05) is 0 Å². The number of allylic oxidation sites excluding steroid dienone is 6. The average Bonchev–Trinajstić information content (AvgIpc) is 2.04. The van der Waals surface area contributed by atoms with Crippen LogP contribution in [-0.4, -0.2) is 0 Å².